The zero-order valence-corrected chi connectivity index (χ0v) is 12.9. The van der Waals surface area contributed by atoms with Crippen molar-refractivity contribution in [2.45, 2.75) is 6.54 Å². The van der Waals surface area contributed by atoms with Gasteiger partial charge in [0.15, 0.2) is 11.6 Å². The number of benzene rings is 1. The van der Waals surface area contributed by atoms with Gasteiger partial charge < -0.3 is 9.64 Å². The normalized spacial score (nSPS) is 14.9. The molecule has 3 rings (SSSR count). The third kappa shape index (κ3) is 4.07. The Kier molecular flexibility index (Phi) is 5.02. The smallest absolute Gasteiger partial charge is 0.269 e. The summed E-state index contributed by atoms with van der Waals surface area (Å²) in [5.41, 5.74) is 0.891. The van der Waals surface area contributed by atoms with Crippen molar-refractivity contribution in [1.82, 2.24) is 10.2 Å². The molecule has 9 heteroatoms. The number of rotatable bonds is 5. The first-order valence-corrected chi connectivity index (χ1v) is 7.49. The molecule has 0 aliphatic carbocycles. The van der Waals surface area contributed by atoms with Gasteiger partial charge in [0, 0.05) is 25.2 Å². The molecule has 0 amide bonds. The highest BCUT2D eigenvalue weighted by molar-refractivity contribution is 5.41. The van der Waals surface area contributed by atoms with E-state index in [1.165, 1.54) is 12.1 Å². The van der Waals surface area contributed by atoms with Crippen LogP contribution in [0, 0.1) is 10.1 Å². The SMILES string of the molecule is O=[N+]([O-])c1ccc(CN=Nc2ccc(N3CCOCC3)nn2)cc1. The quantitative estimate of drug-likeness (QED) is 0.474. The van der Waals surface area contributed by atoms with Gasteiger partial charge in [-0.15, -0.1) is 15.3 Å². The number of aromatic nitrogens is 2. The van der Waals surface area contributed by atoms with E-state index in [0.29, 0.717) is 25.6 Å². The summed E-state index contributed by atoms with van der Waals surface area (Å²) < 4.78 is 5.30. The predicted octanol–water partition coefficient (Wildman–Crippen LogP) is 2.51. The van der Waals surface area contributed by atoms with Crippen LogP contribution in [0.25, 0.3) is 0 Å². The molecule has 0 N–H and O–H groups in total. The standard InChI is InChI=1S/C15H16N6O3/c22-21(23)13-3-1-12(2-4-13)11-16-17-14-5-6-15(19-18-14)20-7-9-24-10-8-20/h1-6H,7-11H2. The Morgan fingerprint density at radius 2 is 1.88 bits per heavy atom. The molecule has 0 bridgehead atoms. The fourth-order valence-electron chi connectivity index (χ4n) is 2.25. The van der Waals surface area contributed by atoms with Crippen molar-refractivity contribution in [3.63, 3.8) is 0 Å². The molecule has 0 saturated carbocycles. The van der Waals surface area contributed by atoms with Crippen LogP contribution in [-0.2, 0) is 11.3 Å². The number of morpholine rings is 1. The van der Waals surface area contributed by atoms with Crippen LogP contribution in [0.5, 0.6) is 0 Å². The molecule has 0 spiro atoms. The summed E-state index contributed by atoms with van der Waals surface area (Å²) in [4.78, 5) is 12.3. The third-order valence-electron chi connectivity index (χ3n) is 3.55. The fraction of sp³-hybridized carbons (Fsp3) is 0.333. The maximum Gasteiger partial charge on any atom is 0.269 e. The van der Waals surface area contributed by atoms with Crippen LogP contribution < -0.4 is 4.90 Å². The van der Waals surface area contributed by atoms with Crippen molar-refractivity contribution < 1.29 is 9.66 Å². The van der Waals surface area contributed by atoms with Gasteiger partial charge >= 0.3 is 0 Å². The van der Waals surface area contributed by atoms with E-state index >= 15 is 0 Å². The lowest BCUT2D eigenvalue weighted by Gasteiger charge is -2.27. The molecule has 1 aromatic carbocycles. The van der Waals surface area contributed by atoms with Gasteiger partial charge in [0.05, 0.1) is 24.7 Å². The van der Waals surface area contributed by atoms with Gasteiger partial charge in [-0.1, -0.05) is 12.1 Å². The first-order chi connectivity index (χ1) is 11.7. The monoisotopic (exact) mass is 328 g/mol. The molecule has 0 radical (unpaired) electrons. The van der Waals surface area contributed by atoms with Gasteiger partial charge in [-0.25, -0.2) is 0 Å². The molecule has 1 aliphatic heterocycles. The predicted molar refractivity (Wildman–Crippen MR) is 86.4 cm³/mol. The van der Waals surface area contributed by atoms with Crippen LogP contribution in [0.1, 0.15) is 5.56 Å². The molecule has 9 nitrogen and oxygen atoms in total. The van der Waals surface area contributed by atoms with Crippen molar-refractivity contribution in [2.24, 2.45) is 10.2 Å². The highest BCUT2D eigenvalue weighted by Gasteiger charge is 2.12. The molecule has 2 aromatic rings. The van der Waals surface area contributed by atoms with E-state index in [2.05, 4.69) is 25.3 Å². The Morgan fingerprint density at radius 1 is 1.12 bits per heavy atom. The number of nitro benzene ring substituents is 1. The zero-order chi connectivity index (χ0) is 16.8. The Balaban J connectivity index is 1.57. The molecule has 1 saturated heterocycles. The largest absolute Gasteiger partial charge is 0.378 e. The number of hydrogen-bond donors (Lipinski definition) is 0. The van der Waals surface area contributed by atoms with Gasteiger partial charge in [0.25, 0.3) is 5.69 Å². The van der Waals surface area contributed by atoms with Crippen molar-refractivity contribution in [1.29, 1.82) is 0 Å². The van der Waals surface area contributed by atoms with E-state index in [1.807, 2.05) is 6.07 Å². The molecule has 0 atom stereocenters. The number of ether oxygens (including phenoxy) is 1. The maximum absolute atomic E-state index is 10.6. The second-order valence-electron chi connectivity index (χ2n) is 5.17. The van der Waals surface area contributed by atoms with Crippen LogP contribution >= 0.6 is 0 Å². The van der Waals surface area contributed by atoms with E-state index in [1.54, 1.807) is 18.2 Å². The van der Waals surface area contributed by atoms with Gasteiger partial charge in [0.1, 0.15) is 0 Å². The number of non-ortho nitro benzene ring substituents is 1. The van der Waals surface area contributed by atoms with Crippen LogP contribution in [0.3, 0.4) is 0 Å². The molecular weight excluding hydrogens is 312 g/mol. The summed E-state index contributed by atoms with van der Waals surface area (Å²) in [7, 11) is 0. The molecule has 24 heavy (non-hydrogen) atoms. The first-order valence-electron chi connectivity index (χ1n) is 7.49. The molecule has 1 aromatic heterocycles. The molecule has 1 fully saturated rings. The molecule has 124 valence electrons. The highest BCUT2D eigenvalue weighted by Crippen LogP contribution is 2.16. The summed E-state index contributed by atoms with van der Waals surface area (Å²) in [6.45, 7) is 3.31. The van der Waals surface area contributed by atoms with Crippen LogP contribution in [0.2, 0.25) is 0 Å². The number of hydrogen-bond acceptors (Lipinski definition) is 8. The number of anilines is 1. The van der Waals surface area contributed by atoms with E-state index in [-0.39, 0.29) is 5.69 Å². The summed E-state index contributed by atoms with van der Waals surface area (Å²) in [5.74, 6) is 1.22. The van der Waals surface area contributed by atoms with Crippen LogP contribution in [0.4, 0.5) is 17.3 Å². The molecule has 1 aliphatic rings. The van der Waals surface area contributed by atoms with Gasteiger partial charge in [-0.05, 0) is 17.7 Å². The maximum atomic E-state index is 10.6. The fourth-order valence-corrected chi connectivity index (χ4v) is 2.25. The third-order valence-corrected chi connectivity index (χ3v) is 3.55. The average molecular weight is 328 g/mol. The minimum Gasteiger partial charge on any atom is -0.378 e. The van der Waals surface area contributed by atoms with Crippen molar-refractivity contribution in [3.05, 3.63) is 52.1 Å². The lowest BCUT2D eigenvalue weighted by molar-refractivity contribution is -0.384. The minimum absolute atomic E-state index is 0.0558. The van der Waals surface area contributed by atoms with Crippen LogP contribution in [-0.4, -0.2) is 41.4 Å². The summed E-state index contributed by atoms with van der Waals surface area (Å²) in [6, 6.07) is 9.83. The Hall–Kier alpha value is -2.94. The topological polar surface area (TPSA) is 106 Å². The molecular formula is C15H16N6O3. The number of nitro groups is 1. The molecule has 2 heterocycles. The zero-order valence-electron chi connectivity index (χ0n) is 12.9. The van der Waals surface area contributed by atoms with E-state index in [4.69, 9.17) is 4.74 Å². The summed E-state index contributed by atoms with van der Waals surface area (Å²) in [5, 5.41) is 26.8. The Bertz CT molecular complexity index is 711. The second kappa shape index (κ2) is 7.55. The summed E-state index contributed by atoms with van der Waals surface area (Å²) in [6.07, 6.45) is 0. The Labute approximate surface area is 138 Å². The van der Waals surface area contributed by atoms with Crippen molar-refractivity contribution in [2.75, 3.05) is 31.2 Å². The number of nitrogens with zero attached hydrogens (tertiary/aromatic N) is 6. The van der Waals surface area contributed by atoms with Crippen molar-refractivity contribution >= 4 is 17.3 Å². The minimum atomic E-state index is -0.434. The highest BCUT2D eigenvalue weighted by atomic mass is 16.6. The molecule has 0 unspecified atom stereocenters. The van der Waals surface area contributed by atoms with E-state index in [9.17, 15) is 10.1 Å². The van der Waals surface area contributed by atoms with Crippen LogP contribution in [0.15, 0.2) is 46.6 Å². The first kappa shape index (κ1) is 15.9. The second-order valence-corrected chi connectivity index (χ2v) is 5.17. The van der Waals surface area contributed by atoms with Gasteiger partial charge in [-0.2, -0.15) is 5.11 Å². The lowest BCUT2D eigenvalue weighted by atomic mass is 10.2. The lowest BCUT2D eigenvalue weighted by Crippen LogP contribution is -2.36. The summed E-state index contributed by atoms with van der Waals surface area (Å²) >= 11 is 0. The van der Waals surface area contributed by atoms with Crippen molar-refractivity contribution in [3.8, 4) is 0 Å². The number of azo groups is 1. The van der Waals surface area contributed by atoms with Gasteiger partial charge in [0.2, 0.25) is 0 Å². The van der Waals surface area contributed by atoms with Gasteiger partial charge in [-0.3, -0.25) is 10.1 Å². The Morgan fingerprint density at radius 3 is 2.50 bits per heavy atom. The van der Waals surface area contributed by atoms with E-state index in [0.717, 1.165) is 24.5 Å². The van der Waals surface area contributed by atoms with E-state index < -0.39 is 4.92 Å². The average Bonchev–Trinajstić information content (AvgIpc) is 2.63.